The van der Waals surface area contributed by atoms with Crippen LogP contribution in [-0.4, -0.2) is 50.0 Å². The van der Waals surface area contributed by atoms with Crippen molar-refractivity contribution in [3.05, 3.63) is 0 Å². The van der Waals surface area contributed by atoms with Crippen LogP contribution in [-0.2, 0) is 9.53 Å². The predicted octanol–water partition coefficient (Wildman–Crippen LogP) is -0.356. The molecule has 0 aromatic heterocycles. The predicted molar refractivity (Wildman–Crippen MR) is 61.2 cm³/mol. The molecule has 1 unspecified atom stereocenters. The van der Waals surface area contributed by atoms with Crippen molar-refractivity contribution in [3.63, 3.8) is 0 Å². The molecule has 1 atom stereocenters. The van der Waals surface area contributed by atoms with Gasteiger partial charge in [-0.05, 0) is 12.8 Å². The largest absolute Gasteiger partial charge is 0.396 e. The number of hydrogen-bond acceptors (Lipinski definition) is 4. The van der Waals surface area contributed by atoms with Crippen LogP contribution in [0.5, 0.6) is 0 Å². The zero-order chi connectivity index (χ0) is 11.6. The van der Waals surface area contributed by atoms with Gasteiger partial charge in [-0.1, -0.05) is 12.8 Å². The summed E-state index contributed by atoms with van der Waals surface area (Å²) in [5.74, 6) is 0.0295. The Morgan fingerprint density at radius 3 is 2.88 bits per heavy atom. The summed E-state index contributed by atoms with van der Waals surface area (Å²) < 4.78 is 5.21. The molecule has 1 rings (SSSR count). The van der Waals surface area contributed by atoms with Crippen LogP contribution in [0.1, 0.15) is 25.7 Å². The molecule has 0 radical (unpaired) electrons. The third kappa shape index (κ3) is 5.44. The van der Waals surface area contributed by atoms with Crippen LogP contribution in [0.15, 0.2) is 0 Å². The van der Waals surface area contributed by atoms with Crippen LogP contribution in [0.3, 0.4) is 0 Å². The minimum atomic E-state index is -0.189. The molecule has 94 valence electrons. The second-order valence-corrected chi connectivity index (χ2v) is 4.01. The maximum absolute atomic E-state index is 11.6. The van der Waals surface area contributed by atoms with Crippen molar-refractivity contribution in [1.29, 1.82) is 0 Å². The fraction of sp³-hybridized carbons (Fsp3) is 0.909. The number of nitrogens with one attached hydrogen (secondary N) is 2. The van der Waals surface area contributed by atoms with Gasteiger partial charge < -0.3 is 20.5 Å². The van der Waals surface area contributed by atoms with Gasteiger partial charge in [0.2, 0.25) is 5.91 Å². The Kier molecular flexibility index (Phi) is 7.12. The van der Waals surface area contributed by atoms with Gasteiger partial charge in [0.05, 0.1) is 13.2 Å². The average Bonchev–Trinajstić information content (AvgIpc) is 2.34. The molecule has 0 saturated carbocycles. The normalized spacial score (nSPS) is 20.7. The Morgan fingerprint density at radius 2 is 2.19 bits per heavy atom. The van der Waals surface area contributed by atoms with Gasteiger partial charge in [0.25, 0.3) is 0 Å². The van der Waals surface area contributed by atoms with Gasteiger partial charge in [-0.25, -0.2) is 0 Å². The van der Waals surface area contributed by atoms with E-state index in [2.05, 4.69) is 10.6 Å². The monoisotopic (exact) mass is 230 g/mol. The number of unbranched alkanes of at least 4 members (excludes halogenated alkanes) is 3. The van der Waals surface area contributed by atoms with Gasteiger partial charge in [0.1, 0.15) is 6.04 Å². The maximum atomic E-state index is 11.6. The van der Waals surface area contributed by atoms with E-state index in [0.29, 0.717) is 19.8 Å². The standard InChI is InChI=1S/C11H22N2O3/c14-7-4-2-1-3-5-13-11(15)10-9-16-8-6-12-10/h10,12,14H,1-9H2,(H,13,15). The molecule has 0 bridgehead atoms. The summed E-state index contributed by atoms with van der Waals surface area (Å²) in [5, 5.41) is 14.6. The lowest BCUT2D eigenvalue weighted by Crippen LogP contribution is -2.51. The molecule has 1 aliphatic heterocycles. The Morgan fingerprint density at radius 1 is 1.38 bits per heavy atom. The van der Waals surface area contributed by atoms with Crippen molar-refractivity contribution in [2.24, 2.45) is 0 Å². The van der Waals surface area contributed by atoms with Crippen molar-refractivity contribution in [3.8, 4) is 0 Å². The van der Waals surface area contributed by atoms with Crippen LogP contribution in [0.25, 0.3) is 0 Å². The van der Waals surface area contributed by atoms with Crippen molar-refractivity contribution in [2.75, 3.05) is 32.9 Å². The molecule has 5 nitrogen and oxygen atoms in total. The summed E-state index contributed by atoms with van der Waals surface area (Å²) >= 11 is 0. The van der Waals surface area contributed by atoms with E-state index in [1.165, 1.54) is 0 Å². The molecule has 16 heavy (non-hydrogen) atoms. The molecular formula is C11H22N2O3. The van der Waals surface area contributed by atoms with Crippen LogP contribution in [0.2, 0.25) is 0 Å². The van der Waals surface area contributed by atoms with Crippen LogP contribution in [0.4, 0.5) is 0 Å². The number of carbonyl (C=O) groups is 1. The zero-order valence-electron chi connectivity index (χ0n) is 9.71. The Labute approximate surface area is 96.6 Å². The van der Waals surface area contributed by atoms with E-state index in [-0.39, 0.29) is 18.6 Å². The number of hydrogen-bond donors (Lipinski definition) is 3. The summed E-state index contributed by atoms with van der Waals surface area (Å²) in [6.45, 7) is 2.87. The molecule has 1 amide bonds. The molecule has 0 spiro atoms. The second kappa shape index (κ2) is 8.50. The van der Waals surface area contributed by atoms with Crippen molar-refractivity contribution in [1.82, 2.24) is 10.6 Å². The number of ether oxygens (including phenoxy) is 1. The molecule has 1 aliphatic rings. The van der Waals surface area contributed by atoms with Crippen LogP contribution >= 0.6 is 0 Å². The highest BCUT2D eigenvalue weighted by Gasteiger charge is 2.20. The molecule has 0 aliphatic carbocycles. The first kappa shape index (κ1) is 13.4. The SMILES string of the molecule is O=C(NCCCCCCO)C1COCCN1. The smallest absolute Gasteiger partial charge is 0.239 e. The highest BCUT2D eigenvalue weighted by molar-refractivity contribution is 5.81. The lowest BCUT2D eigenvalue weighted by atomic mass is 10.2. The first-order valence-electron chi connectivity index (χ1n) is 6.04. The molecule has 1 heterocycles. The average molecular weight is 230 g/mol. The van der Waals surface area contributed by atoms with E-state index in [1.54, 1.807) is 0 Å². The van der Waals surface area contributed by atoms with Gasteiger partial charge >= 0.3 is 0 Å². The fourth-order valence-corrected chi connectivity index (χ4v) is 1.66. The third-order valence-electron chi connectivity index (χ3n) is 2.62. The fourth-order valence-electron chi connectivity index (χ4n) is 1.66. The lowest BCUT2D eigenvalue weighted by Gasteiger charge is -2.22. The van der Waals surface area contributed by atoms with E-state index in [0.717, 1.165) is 32.2 Å². The minimum absolute atomic E-state index is 0.0295. The maximum Gasteiger partial charge on any atom is 0.239 e. The number of morpholine rings is 1. The lowest BCUT2D eigenvalue weighted by molar-refractivity contribution is -0.125. The van der Waals surface area contributed by atoms with Gasteiger partial charge in [0.15, 0.2) is 0 Å². The minimum Gasteiger partial charge on any atom is -0.396 e. The van der Waals surface area contributed by atoms with Crippen LogP contribution < -0.4 is 10.6 Å². The second-order valence-electron chi connectivity index (χ2n) is 4.01. The Balaban J connectivity index is 1.97. The molecule has 1 fully saturated rings. The highest BCUT2D eigenvalue weighted by Crippen LogP contribution is 1.98. The molecule has 1 saturated heterocycles. The Hall–Kier alpha value is -0.650. The number of aliphatic hydroxyl groups excluding tert-OH is 1. The van der Waals surface area contributed by atoms with E-state index in [9.17, 15) is 4.79 Å². The summed E-state index contributed by atoms with van der Waals surface area (Å²) in [6.07, 6.45) is 3.90. The van der Waals surface area contributed by atoms with Crippen LogP contribution in [0, 0.1) is 0 Å². The third-order valence-corrected chi connectivity index (χ3v) is 2.62. The van der Waals surface area contributed by atoms with Crippen molar-refractivity contribution < 1.29 is 14.6 Å². The van der Waals surface area contributed by atoms with E-state index in [4.69, 9.17) is 9.84 Å². The topological polar surface area (TPSA) is 70.6 Å². The van der Waals surface area contributed by atoms with Gasteiger partial charge in [-0.3, -0.25) is 4.79 Å². The molecule has 5 heteroatoms. The van der Waals surface area contributed by atoms with E-state index >= 15 is 0 Å². The highest BCUT2D eigenvalue weighted by atomic mass is 16.5. The van der Waals surface area contributed by atoms with E-state index in [1.807, 2.05) is 0 Å². The number of carbonyl (C=O) groups excluding carboxylic acids is 1. The summed E-state index contributed by atoms with van der Waals surface area (Å²) in [5.41, 5.74) is 0. The van der Waals surface area contributed by atoms with Gasteiger partial charge in [-0.2, -0.15) is 0 Å². The number of rotatable bonds is 7. The van der Waals surface area contributed by atoms with Crippen molar-refractivity contribution >= 4 is 5.91 Å². The summed E-state index contributed by atoms with van der Waals surface area (Å²) in [7, 11) is 0. The van der Waals surface area contributed by atoms with Gasteiger partial charge in [0, 0.05) is 19.7 Å². The first-order chi connectivity index (χ1) is 7.84. The molecular weight excluding hydrogens is 208 g/mol. The first-order valence-corrected chi connectivity index (χ1v) is 6.04. The summed E-state index contributed by atoms with van der Waals surface area (Å²) in [4.78, 5) is 11.6. The molecule has 0 aromatic carbocycles. The van der Waals surface area contributed by atoms with Gasteiger partial charge in [-0.15, -0.1) is 0 Å². The summed E-state index contributed by atoms with van der Waals surface area (Å²) in [6, 6.07) is -0.189. The number of amides is 1. The zero-order valence-corrected chi connectivity index (χ0v) is 9.71. The molecule has 3 N–H and O–H groups in total. The van der Waals surface area contributed by atoms with E-state index < -0.39 is 0 Å². The van der Waals surface area contributed by atoms with Crippen molar-refractivity contribution in [2.45, 2.75) is 31.7 Å². The molecule has 0 aromatic rings. The Bertz CT molecular complexity index is 194. The quantitative estimate of drug-likeness (QED) is 0.523. The number of aliphatic hydroxyl groups is 1.